The van der Waals surface area contributed by atoms with E-state index in [1.165, 1.54) is 16.3 Å². The van der Waals surface area contributed by atoms with Gasteiger partial charge in [-0.3, -0.25) is 0 Å². The van der Waals surface area contributed by atoms with E-state index in [2.05, 4.69) is 59.0 Å². The van der Waals surface area contributed by atoms with Crippen molar-refractivity contribution < 1.29 is 4.84 Å². The zero-order valence-corrected chi connectivity index (χ0v) is 11.6. The summed E-state index contributed by atoms with van der Waals surface area (Å²) in [5.74, 6) is 0. The van der Waals surface area contributed by atoms with Gasteiger partial charge >= 0.3 is 0 Å². The fourth-order valence-corrected chi connectivity index (χ4v) is 2.74. The Morgan fingerprint density at radius 2 is 1.82 bits per heavy atom. The number of rotatable bonds is 2. The third-order valence-electron chi connectivity index (χ3n) is 3.03. The van der Waals surface area contributed by atoms with Crippen LogP contribution in [0.15, 0.2) is 42.5 Å². The highest BCUT2D eigenvalue weighted by atomic mass is 127. The van der Waals surface area contributed by atoms with Gasteiger partial charge in [-0.1, -0.05) is 46.9 Å². The van der Waals surface area contributed by atoms with Gasteiger partial charge < -0.3 is 4.84 Å². The molecule has 0 atom stereocenters. The lowest BCUT2D eigenvalue weighted by molar-refractivity contribution is 0.190. The quantitative estimate of drug-likeness (QED) is 0.513. The van der Waals surface area contributed by atoms with Gasteiger partial charge in [-0.15, -0.1) is 0 Å². The van der Waals surface area contributed by atoms with Crippen LogP contribution in [0.3, 0.4) is 0 Å². The summed E-state index contributed by atoms with van der Waals surface area (Å²) in [4.78, 5) is 5.47. The Hall–Kier alpha value is -1.23. The molecule has 0 bridgehead atoms. The van der Waals surface area contributed by atoms with E-state index >= 15 is 0 Å². The highest BCUT2D eigenvalue weighted by molar-refractivity contribution is 14.1. The second-order valence-corrected chi connectivity index (χ2v) is 4.74. The Kier molecular flexibility index (Phi) is 2.70. The second-order valence-electron chi connectivity index (χ2n) is 3.98. The van der Waals surface area contributed by atoms with E-state index in [0.717, 1.165) is 15.5 Å². The lowest BCUT2D eigenvalue weighted by atomic mass is 10.1. The topological polar surface area (TPSA) is 14.2 Å². The average Bonchev–Trinajstić information content (AvgIpc) is 2.71. The molecule has 0 aliphatic rings. The van der Waals surface area contributed by atoms with Gasteiger partial charge in [-0.2, -0.15) is 4.73 Å². The first-order valence-electron chi connectivity index (χ1n) is 5.47. The molecule has 3 heteroatoms. The Morgan fingerprint density at radius 1 is 1.06 bits per heavy atom. The van der Waals surface area contributed by atoms with Crippen LogP contribution in [0.2, 0.25) is 0 Å². The molecule has 0 aliphatic carbocycles. The molecule has 1 heterocycles. The maximum absolute atomic E-state index is 5.47. The zero-order valence-electron chi connectivity index (χ0n) is 9.48. The molecule has 0 saturated carbocycles. The van der Waals surface area contributed by atoms with Crippen molar-refractivity contribution >= 4 is 44.4 Å². The second kappa shape index (κ2) is 4.22. The third-order valence-corrected chi connectivity index (χ3v) is 3.91. The van der Waals surface area contributed by atoms with Gasteiger partial charge in [0.05, 0.1) is 11.0 Å². The Morgan fingerprint density at radius 3 is 2.59 bits per heavy atom. The van der Waals surface area contributed by atoms with Crippen molar-refractivity contribution in [3.8, 4) is 0 Å². The van der Waals surface area contributed by atoms with Gasteiger partial charge in [-0.05, 0) is 23.8 Å². The van der Waals surface area contributed by atoms with Crippen LogP contribution in [0.5, 0.6) is 0 Å². The molecule has 3 rings (SSSR count). The highest BCUT2D eigenvalue weighted by Gasteiger charge is 2.10. The molecule has 2 nitrogen and oxygen atoms in total. The number of hydrogen-bond donors (Lipinski definition) is 0. The first-order chi connectivity index (χ1) is 8.35. The van der Waals surface area contributed by atoms with Gasteiger partial charge in [0, 0.05) is 15.2 Å². The van der Waals surface area contributed by atoms with Crippen LogP contribution in [0.4, 0.5) is 0 Å². The molecule has 2 aromatic carbocycles. The minimum absolute atomic E-state index is 1.03. The molecular formula is C14H12INO. The standard InChI is InChI=1S/C14H12INO/c1-17-16-13-5-3-2-4-11(13)12-8-10(9-15)6-7-14(12)16/h2-8H,9H2,1H3. The Bertz CT molecular complexity index is 687. The smallest absolute Gasteiger partial charge is 0.104 e. The summed E-state index contributed by atoms with van der Waals surface area (Å²) >= 11 is 2.39. The van der Waals surface area contributed by atoms with Crippen LogP contribution < -0.4 is 4.84 Å². The molecule has 0 radical (unpaired) electrons. The molecule has 0 N–H and O–H groups in total. The van der Waals surface area contributed by atoms with E-state index in [1.807, 2.05) is 10.8 Å². The largest absolute Gasteiger partial charge is 0.417 e. The maximum Gasteiger partial charge on any atom is 0.104 e. The Labute approximate surface area is 113 Å². The van der Waals surface area contributed by atoms with Crippen LogP contribution in [0.25, 0.3) is 21.8 Å². The molecule has 0 saturated heterocycles. The van der Waals surface area contributed by atoms with E-state index in [-0.39, 0.29) is 0 Å². The minimum atomic E-state index is 1.03. The number of halogens is 1. The predicted octanol–water partition coefficient (Wildman–Crippen LogP) is 3.79. The van der Waals surface area contributed by atoms with Crippen molar-refractivity contribution in [1.82, 2.24) is 4.73 Å². The number of benzene rings is 2. The summed E-state index contributed by atoms with van der Waals surface area (Å²) in [6, 6.07) is 14.9. The van der Waals surface area contributed by atoms with Gasteiger partial charge in [0.1, 0.15) is 7.11 Å². The number of hydrogen-bond acceptors (Lipinski definition) is 1. The fraction of sp³-hybridized carbons (Fsp3) is 0.143. The summed E-state index contributed by atoms with van der Waals surface area (Å²) in [5.41, 5.74) is 3.59. The van der Waals surface area contributed by atoms with Crippen LogP contribution >= 0.6 is 22.6 Å². The minimum Gasteiger partial charge on any atom is -0.417 e. The monoisotopic (exact) mass is 337 g/mol. The molecule has 0 spiro atoms. The molecule has 17 heavy (non-hydrogen) atoms. The first kappa shape index (κ1) is 10.9. The molecule has 0 aliphatic heterocycles. The van der Waals surface area contributed by atoms with Crippen LogP contribution in [0.1, 0.15) is 5.56 Å². The van der Waals surface area contributed by atoms with Gasteiger partial charge in [0.2, 0.25) is 0 Å². The molecule has 0 amide bonds. The number of para-hydroxylation sites is 1. The van der Waals surface area contributed by atoms with E-state index < -0.39 is 0 Å². The highest BCUT2D eigenvalue weighted by Crippen LogP contribution is 2.29. The summed E-state index contributed by atoms with van der Waals surface area (Å²) in [6.45, 7) is 0. The molecule has 3 aromatic rings. The fourth-order valence-electron chi connectivity index (χ4n) is 2.26. The molecular weight excluding hydrogens is 325 g/mol. The van der Waals surface area contributed by atoms with E-state index in [4.69, 9.17) is 4.84 Å². The SMILES string of the molecule is COn1c2ccccc2c2cc(CI)ccc21. The molecule has 86 valence electrons. The van der Waals surface area contributed by atoms with Crippen molar-refractivity contribution in [1.29, 1.82) is 0 Å². The summed E-state index contributed by atoms with van der Waals surface area (Å²) in [5, 5.41) is 2.51. The third kappa shape index (κ3) is 1.60. The van der Waals surface area contributed by atoms with Crippen LogP contribution in [-0.4, -0.2) is 11.8 Å². The number of fused-ring (bicyclic) bond motifs is 3. The summed E-state index contributed by atoms with van der Waals surface area (Å²) in [6.07, 6.45) is 0. The average molecular weight is 337 g/mol. The normalized spacial score (nSPS) is 11.2. The maximum atomic E-state index is 5.47. The van der Waals surface area contributed by atoms with Gasteiger partial charge in [-0.25, -0.2) is 0 Å². The predicted molar refractivity (Wildman–Crippen MR) is 79.7 cm³/mol. The Balaban J connectivity index is 2.49. The van der Waals surface area contributed by atoms with Gasteiger partial charge in [0.25, 0.3) is 0 Å². The van der Waals surface area contributed by atoms with Crippen molar-refractivity contribution in [2.75, 3.05) is 7.11 Å². The number of aromatic nitrogens is 1. The first-order valence-corrected chi connectivity index (χ1v) is 7.00. The van der Waals surface area contributed by atoms with Crippen molar-refractivity contribution in [2.24, 2.45) is 0 Å². The number of alkyl halides is 1. The van der Waals surface area contributed by atoms with Crippen LogP contribution in [-0.2, 0) is 4.43 Å². The zero-order chi connectivity index (χ0) is 11.8. The van der Waals surface area contributed by atoms with Gasteiger partial charge in [0.15, 0.2) is 0 Å². The lowest BCUT2D eigenvalue weighted by Crippen LogP contribution is -2.04. The van der Waals surface area contributed by atoms with Crippen LogP contribution in [0, 0.1) is 0 Å². The van der Waals surface area contributed by atoms with E-state index in [0.29, 0.717) is 0 Å². The van der Waals surface area contributed by atoms with Crippen molar-refractivity contribution in [2.45, 2.75) is 4.43 Å². The van der Waals surface area contributed by atoms with Crippen molar-refractivity contribution in [3.05, 3.63) is 48.0 Å². The van der Waals surface area contributed by atoms with E-state index in [9.17, 15) is 0 Å². The van der Waals surface area contributed by atoms with Crippen molar-refractivity contribution in [3.63, 3.8) is 0 Å². The lowest BCUT2D eigenvalue weighted by Gasteiger charge is -2.03. The molecule has 0 unspecified atom stereocenters. The number of nitrogens with zero attached hydrogens (tertiary/aromatic N) is 1. The summed E-state index contributed by atoms with van der Waals surface area (Å²) in [7, 11) is 1.71. The summed E-state index contributed by atoms with van der Waals surface area (Å²) < 4.78 is 2.92. The van der Waals surface area contributed by atoms with E-state index in [1.54, 1.807) is 7.11 Å². The molecule has 0 fully saturated rings. The molecule has 1 aromatic heterocycles.